The van der Waals surface area contributed by atoms with Gasteiger partial charge in [0.2, 0.25) is 0 Å². The number of rotatable bonds is 7. The molecule has 0 saturated carbocycles. The number of nitrogens with one attached hydrogen (secondary N) is 2. The van der Waals surface area contributed by atoms with Crippen molar-refractivity contribution in [1.82, 2.24) is 9.47 Å². The van der Waals surface area contributed by atoms with Crippen molar-refractivity contribution in [2.45, 2.75) is 51.4 Å². The number of aromatic nitrogens is 1. The Bertz CT molecular complexity index is 1280. The number of alkyl halides is 3. The van der Waals surface area contributed by atoms with Crippen LogP contribution in [0.15, 0.2) is 42.5 Å². The zero-order valence-corrected chi connectivity index (χ0v) is 21.9. The predicted molar refractivity (Wildman–Crippen MR) is 145 cm³/mol. The zero-order valence-electron chi connectivity index (χ0n) is 21.9. The molecule has 1 aromatic heterocycles. The van der Waals surface area contributed by atoms with E-state index in [0.717, 1.165) is 48.3 Å². The summed E-state index contributed by atoms with van der Waals surface area (Å²) in [4.78, 5) is 2.29. The van der Waals surface area contributed by atoms with Gasteiger partial charge in [-0.1, -0.05) is 31.9 Å². The number of hydrogen-bond donors (Lipinski definition) is 2. The summed E-state index contributed by atoms with van der Waals surface area (Å²) in [6.07, 6.45) is -2.37. The lowest BCUT2D eigenvalue weighted by atomic mass is 10.0. The first-order chi connectivity index (χ1) is 17.6. The van der Waals surface area contributed by atoms with Gasteiger partial charge >= 0.3 is 6.18 Å². The quantitative estimate of drug-likeness (QED) is 0.364. The second-order valence-corrected chi connectivity index (χ2v) is 9.96. The van der Waals surface area contributed by atoms with Gasteiger partial charge in [0, 0.05) is 17.1 Å². The fourth-order valence-electron chi connectivity index (χ4n) is 4.72. The Kier molecular flexibility index (Phi) is 8.23. The summed E-state index contributed by atoms with van der Waals surface area (Å²) in [5.41, 5.74) is 3.67. The van der Waals surface area contributed by atoms with E-state index in [9.17, 15) is 13.2 Å². The van der Waals surface area contributed by atoms with E-state index >= 15 is 0 Å². The molecule has 0 bridgehead atoms. The van der Waals surface area contributed by atoms with E-state index in [0.29, 0.717) is 28.9 Å². The first kappa shape index (κ1) is 26.7. The molecule has 0 amide bonds. The van der Waals surface area contributed by atoms with E-state index in [1.54, 1.807) is 25.3 Å². The zero-order chi connectivity index (χ0) is 26.6. The molecule has 37 heavy (non-hydrogen) atoms. The van der Waals surface area contributed by atoms with Crippen LogP contribution < -0.4 is 15.4 Å². The molecule has 0 spiro atoms. The molecule has 2 heterocycles. The summed E-state index contributed by atoms with van der Waals surface area (Å²) in [5.74, 6) is 7.06. The Balaban J connectivity index is 1.58. The topological polar surface area (TPSA) is 41.5 Å². The van der Waals surface area contributed by atoms with Gasteiger partial charge in [0.15, 0.2) is 0 Å². The van der Waals surface area contributed by atoms with E-state index in [1.807, 2.05) is 24.3 Å². The van der Waals surface area contributed by atoms with Crippen molar-refractivity contribution < 1.29 is 17.9 Å². The van der Waals surface area contributed by atoms with E-state index in [-0.39, 0.29) is 6.54 Å². The van der Waals surface area contributed by atoms with Crippen molar-refractivity contribution >= 4 is 22.3 Å². The lowest BCUT2D eigenvalue weighted by Crippen LogP contribution is -2.36. The number of anilines is 2. The third kappa shape index (κ3) is 6.72. The number of ether oxygens (including phenoxy) is 1. The summed E-state index contributed by atoms with van der Waals surface area (Å²) < 4.78 is 47.3. The Morgan fingerprint density at radius 1 is 1.08 bits per heavy atom. The number of fused-ring (bicyclic) bond motifs is 1. The third-order valence-corrected chi connectivity index (χ3v) is 6.84. The Morgan fingerprint density at radius 3 is 2.51 bits per heavy atom. The lowest BCUT2D eigenvalue weighted by Gasteiger charge is -2.30. The first-order valence-electron chi connectivity index (χ1n) is 12.7. The molecule has 4 rings (SSSR count). The summed E-state index contributed by atoms with van der Waals surface area (Å²) in [5, 5.41) is 7.55. The molecule has 5 nitrogen and oxygen atoms in total. The Hall–Kier alpha value is -3.31. The highest BCUT2D eigenvalue weighted by Gasteiger charge is 2.30. The normalized spacial score (nSPS) is 15.0. The van der Waals surface area contributed by atoms with Gasteiger partial charge in [0.25, 0.3) is 0 Å². The van der Waals surface area contributed by atoms with E-state index in [4.69, 9.17) is 4.74 Å². The molecule has 1 fully saturated rings. The van der Waals surface area contributed by atoms with Gasteiger partial charge in [0.1, 0.15) is 12.3 Å². The van der Waals surface area contributed by atoms with Gasteiger partial charge < -0.3 is 24.8 Å². The molecule has 1 saturated heterocycles. The van der Waals surface area contributed by atoms with Crippen LogP contribution in [0.2, 0.25) is 0 Å². The molecule has 1 aliphatic rings. The summed E-state index contributed by atoms with van der Waals surface area (Å²) in [6, 6.07) is 13.5. The van der Waals surface area contributed by atoms with Crippen LogP contribution in [0, 0.1) is 11.8 Å². The minimum atomic E-state index is -4.36. The van der Waals surface area contributed by atoms with Crippen LogP contribution in [0.1, 0.15) is 43.9 Å². The van der Waals surface area contributed by atoms with Gasteiger partial charge in [-0.15, -0.1) is 0 Å². The van der Waals surface area contributed by atoms with E-state index in [1.165, 1.54) is 4.57 Å². The SMILES string of the molecule is COc1cc(C(C)C)ccc1NCC#Cc1cc2c(NC3CCN(C)CC3)cccc2n1CC(F)(F)F. The fourth-order valence-corrected chi connectivity index (χ4v) is 4.72. The average molecular weight is 513 g/mol. The second kappa shape index (κ2) is 11.4. The molecule has 2 aromatic carbocycles. The van der Waals surface area contributed by atoms with Crippen LogP contribution in [-0.2, 0) is 6.54 Å². The predicted octanol–water partition coefficient (Wildman–Crippen LogP) is 6.31. The highest BCUT2D eigenvalue weighted by Crippen LogP contribution is 2.32. The smallest absolute Gasteiger partial charge is 0.406 e. The molecule has 1 aliphatic heterocycles. The average Bonchev–Trinajstić information content (AvgIpc) is 3.19. The Labute approximate surface area is 217 Å². The number of benzene rings is 2. The monoisotopic (exact) mass is 512 g/mol. The molecule has 8 heteroatoms. The Morgan fingerprint density at radius 2 is 1.84 bits per heavy atom. The van der Waals surface area contributed by atoms with Crippen molar-refractivity contribution in [3.8, 4) is 17.6 Å². The molecular formula is C29H35F3N4O. The molecule has 0 aliphatic carbocycles. The fraction of sp³-hybridized carbons (Fsp3) is 0.448. The van der Waals surface area contributed by atoms with E-state index in [2.05, 4.69) is 48.3 Å². The number of piperidine rings is 1. The second-order valence-electron chi connectivity index (χ2n) is 9.96. The van der Waals surface area contributed by atoms with Crippen LogP contribution in [0.5, 0.6) is 5.75 Å². The molecule has 0 atom stereocenters. The van der Waals surface area contributed by atoms with Crippen LogP contribution in [0.25, 0.3) is 10.9 Å². The lowest BCUT2D eigenvalue weighted by molar-refractivity contribution is -0.140. The van der Waals surface area contributed by atoms with Crippen molar-refractivity contribution in [1.29, 1.82) is 0 Å². The highest BCUT2D eigenvalue weighted by atomic mass is 19.4. The van der Waals surface area contributed by atoms with Gasteiger partial charge in [-0.05, 0) is 80.7 Å². The molecule has 2 N–H and O–H groups in total. The van der Waals surface area contributed by atoms with Crippen LogP contribution in [-0.4, -0.2) is 55.5 Å². The largest absolute Gasteiger partial charge is 0.495 e. The van der Waals surface area contributed by atoms with Gasteiger partial charge in [-0.3, -0.25) is 0 Å². The highest BCUT2D eigenvalue weighted by molar-refractivity contribution is 5.94. The first-order valence-corrected chi connectivity index (χ1v) is 12.7. The van der Waals surface area contributed by atoms with Gasteiger partial charge in [-0.25, -0.2) is 0 Å². The van der Waals surface area contributed by atoms with Gasteiger partial charge in [-0.2, -0.15) is 13.2 Å². The van der Waals surface area contributed by atoms with Gasteiger partial charge in [0.05, 0.1) is 30.6 Å². The number of halogens is 3. The maximum absolute atomic E-state index is 13.5. The number of nitrogens with zero attached hydrogens (tertiary/aromatic N) is 2. The van der Waals surface area contributed by atoms with Crippen molar-refractivity contribution in [3.05, 3.63) is 53.7 Å². The number of methoxy groups -OCH3 is 1. The van der Waals surface area contributed by atoms with Crippen molar-refractivity contribution in [2.75, 3.05) is 44.4 Å². The minimum Gasteiger partial charge on any atom is -0.495 e. The maximum Gasteiger partial charge on any atom is 0.406 e. The van der Waals surface area contributed by atoms with E-state index < -0.39 is 12.7 Å². The van der Waals surface area contributed by atoms with Crippen molar-refractivity contribution in [3.63, 3.8) is 0 Å². The van der Waals surface area contributed by atoms with Crippen LogP contribution in [0.4, 0.5) is 24.5 Å². The minimum absolute atomic E-state index is 0.269. The summed E-state index contributed by atoms with van der Waals surface area (Å²) in [7, 11) is 3.72. The third-order valence-electron chi connectivity index (χ3n) is 6.84. The number of hydrogen-bond acceptors (Lipinski definition) is 4. The number of likely N-dealkylation sites (tertiary alicyclic amines) is 1. The molecule has 198 valence electrons. The molecule has 0 unspecified atom stereocenters. The molecule has 0 radical (unpaired) electrons. The standard InChI is InChI=1S/C29H35F3N4O/c1-20(2)21-10-11-26(28(17-21)37-4)33-14-6-7-23-18-24-25(34-22-12-15-35(3)16-13-22)8-5-9-27(24)36(23)19-29(30,31)32/h5,8-11,17-18,20,22,33-34H,12-16,19H2,1-4H3. The van der Waals surface area contributed by atoms with Crippen LogP contribution >= 0.6 is 0 Å². The maximum atomic E-state index is 13.5. The summed E-state index contributed by atoms with van der Waals surface area (Å²) in [6.45, 7) is 5.40. The van der Waals surface area contributed by atoms with Crippen molar-refractivity contribution in [2.24, 2.45) is 0 Å². The molecular weight excluding hydrogens is 477 g/mol. The molecule has 3 aromatic rings. The van der Waals surface area contributed by atoms with Crippen LogP contribution in [0.3, 0.4) is 0 Å². The summed E-state index contributed by atoms with van der Waals surface area (Å²) >= 11 is 0.